The van der Waals surface area contributed by atoms with Crippen LogP contribution in [0.15, 0.2) is 48.8 Å². The molecule has 0 aliphatic rings. The molecule has 0 spiro atoms. The van der Waals surface area contributed by atoms with Crippen molar-refractivity contribution in [2.24, 2.45) is 0 Å². The van der Waals surface area contributed by atoms with E-state index >= 15 is 0 Å². The van der Waals surface area contributed by atoms with Crippen LogP contribution in [0.2, 0.25) is 0 Å². The fourth-order valence-electron chi connectivity index (χ4n) is 2.13. The summed E-state index contributed by atoms with van der Waals surface area (Å²) in [5.41, 5.74) is 4.31. The Morgan fingerprint density at radius 2 is 2.05 bits per heavy atom. The molecule has 21 heavy (non-hydrogen) atoms. The van der Waals surface area contributed by atoms with Gasteiger partial charge < -0.3 is 0 Å². The molecule has 1 aromatic carbocycles. The van der Waals surface area contributed by atoms with E-state index in [4.69, 9.17) is 0 Å². The van der Waals surface area contributed by atoms with E-state index in [-0.39, 0.29) is 5.78 Å². The van der Waals surface area contributed by atoms with Crippen molar-refractivity contribution in [2.45, 2.75) is 13.8 Å². The summed E-state index contributed by atoms with van der Waals surface area (Å²) in [5, 5.41) is 0. The maximum Gasteiger partial charge on any atom is 0.159 e. The van der Waals surface area contributed by atoms with E-state index in [0.29, 0.717) is 5.56 Å². The number of ketones is 1. The van der Waals surface area contributed by atoms with Gasteiger partial charge in [0, 0.05) is 17.3 Å². The van der Waals surface area contributed by atoms with E-state index in [0.717, 1.165) is 22.5 Å². The predicted molar refractivity (Wildman–Crippen MR) is 82.4 cm³/mol. The maximum absolute atomic E-state index is 11.5. The van der Waals surface area contributed by atoms with E-state index in [9.17, 15) is 4.79 Å². The number of carbonyl (C=O) groups excluding carboxylic acids is 1. The van der Waals surface area contributed by atoms with Gasteiger partial charge in [0.1, 0.15) is 11.3 Å². The van der Waals surface area contributed by atoms with Crippen LogP contribution >= 0.6 is 0 Å². The van der Waals surface area contributed by atoms with Crippen LogP contribution in [0.4, 0.5) is 0 Å². The van der Waals surface area contributed by atoms with Crippen molar-refractivity contribution < 1.29 is 4.79 Å². The van der Waals surface area contributed by atoms with Crippen molar-refractivity contribution in [3.63, 3.8) is 0 Å². The van der Waals surface area contributed by atoms with Gasteiger partial charge in [-0.05, 0) is 43.5 Å². The summed E-state index contributed by atoms with van der Waals surface area (Å²) in [6, 6.07) is 11.4. The zero-order chi connectivity index (χ0) is 14.8. The summed E-state index contributed by atoms with van der Waals surface area (Å²) in [6.07, 6.45) is 3.69. The van der Waals surface area contributed by atoms with Crippen LogP contribution in [-0.4, -0.2) is 15.2 Å². The molecule has 0 bridgehead atoms. The number of rotatable bonds is 1. The molecule has 0 radical (unpaired) electrons. The third-order valence-electron chi connectivity index (χ3n) is 3.39. The molecule has 0 unspecified atom stereocenters. The van der Waals surface area contributed by atoms with Crippen molar-refractivity contribution >= 4 is 11.4 Å². The summed E-state index contributed by atoms with van der Waals surface area (Å²) in [7, 11) is 0. The second kappa shape index (κ2) is 5.26. The number of hydrogen-bond acceptors (Lipinski definition) is 2. The quantitative estimate of drug-likeness (QED) is 0.504. The molecule has 3 rings (SSSR count). The fraction of sp³-hybridized carbons (Fsp3) is 0.111. The van der Waals surface area contributed by atoms with Crippen molar-refractivity contribution in [3.8, 4) is 11.8 Å². The summed E-state index contributed by atoms with van der Waals surface area (Å²) >= 11 is 0. The highest BCUT2D eigenvalue weighted by Crippen LogP contribution is 2.11. The number of hydrogen-bond donors (Lipinski definition) is 0. The van der Waals surface area contributed by atoms with E-state index in [2.05, 4.69) is 16.8 Å². The van der Waals surface area contributed by atoms with Crippen LogP contribution in [0.5, 0.6) is 0 Å². The minimum absolute atomic E-state index is 0.0489. The van der Waals surface area contributed by atoms with Gasteiger partial charge in [-0.15, -0.1) is 0 Å². The molecule has 3 aromatic rings. The minimum Gasteiger partial charge on any atom is -0.295 e. The van der Waals surface area contributed by atoms with Gasteiger partial charge in [0.05, 0.1) is 6.20 Å². The molecule has 0 amide bonds. The predicted octanol–water partition coefficient (Wildman–Crippen LogP) is 3.25. The lowest BCUT2D eigenvalue weighted by Crippen LogP contribution is -1.94. The first-order chi connectivity index (χ1) is 10.1. The molecule has 2 heterocycles. The average molecular weight is 274 g/mol. The number of pyridine rings is 1. The molecular weight excluding hydrogens is 260 g/mol. The number of aromatic nitrogens is 2. The van der Waals surface area contributed by atoms with Crippen LogP contribution in [0.1, 0.15) is 34.1 Å². The summed E-state index contributed by atoms with van der Waals surface area (Å²) in [5.74, 6) is 6.32. The lowest BCUT2D eigenvalue weighted by molar-refractivity contribution is 0.101. The molecule has 2 aromatic heterocycles. The Morgan fingerprint density at radius 3 is 2.86 bits per heavy atom. The Labute approximate surface area is 123 Å². The third kappa shape index (κ3) is 2.56. The van der Waals surface area contributed by atoms with E-state index in [1.165, 1.54) is 0 Å². The lowest BCUT2D eigenvalue weighted by atomic mass is 10.0. The SMILES string of the molecule is CC(=O)c1ccc(C)c(C#Cc2cnc3ccccn23)c1. The van der Waals surface area contributed by atoms with Gasteiger partial charge >= 0.3 is 0 Å². The molecule has 3 nitrogen and oxygen atoms in total. The highest BCUT2D eigenvalue weighted by molar-refractivity contribution is 5.94. The molecule has 0 fully saturated rings. The first kappa shape index (κ1) is 13.1. The van der Waals surface area contributed by atoms with E-state index < -0.39 is 0 Å². The standard InChI is InChI=1S/C18H14N2O/c1-13-6-7-16(14(2)21)11-15(13)8-9-17-12-19-18-5-3-4-10-20(17)18/h3-7,10-12H,1-2H3. The number of Topliss-reactive ketones (excluding diaryl/α,β-unsaturated/α-hetero) is 1. The summed E-state index contributed by atoms with van der Waals surface area (Å²) in [6.45, 7) is 3.55. The van der Waals surface area contributed by atoms with Crippen LogP contribution in [-0.2, 0) is 0 Å². The van der Waals surface area contributed by atoms with Crippen LogP contribution in [0, 0.1) is 18.8 Å². The van der Waals surface area contributed by atoms with Crippen LogP contribution in [0.3, 0.4) is 0 Å². The molecule has 0 saturated carbocycles. The maximum atomic E-state index is 11.5. The number of benzene rings is 1. The Bertz CT molecular complexity index is 894. The molecule has 0 aliphatic heterocycles. The summed E-state index contributed by atoms with van der Waals surface area (Å²) < 4.78 is 1.94. The second-order valence-electron chi connectivity index (χ2n) is 4.91. The topological polar surface area (TPSA) is 34.4 Å². The van der Waals surface area contributed by atoms with Crippen LogP contribution in [0.25, 0.3) is 5.65 Å². The number of aryl methyl sites for hydroxylation is 1. The Morgan fingerprint density at radius 1 is 1.19 bits per heavy atom. The van der Waals surface area contributed by atoms with Crippen molar-refractivity contribution in [3.05, 3.63) is 71.2 Å². The first-order valence-electron chi connectivity index (χ1n) is 6.71. The lowest BCUT2D eigenvalue weighted by Gasteiger charge is -2.00. The molecule has 3 heteroatoms. The molecule has 0 saturated heterocycles. The molecule has 102 valence electrons. The van der Waals surface area contributed by atoms with Gasteiger partial charge in [0.15, 0.2) is 5.78 Å². The van der Waals surface area contributed by atoms with Crippen LogP contribution < -0.4 is 0 Å². The normalized spacial score (nSPS) is 10.2. The highest BCUT2D eigenvalue weighted by Gasteiger charge is 2.03. The van der Waals surface area contributed by atoms with Gasteiger partial charge in [-0.2, -0.15) is 0 Å². The van der Waals surface area contributed by atoms with Crippen molar-refractivity contribution in [2.75, 3.05) is 0 Å². The first-order valence-corrected chi connectivity index (χ1v) is 6.71. The fourth-order valence-corrected chi connectivity index (χ4v) is 2.13. The third-order valence-corrected chi connectivity index (χ3v) is 3.39. The summed E-state index contributed by atoms with van der Waals surface area (Å²) in [4.78, 5) is 15.8. The molecular formula is C18H14N2O. The Kier molecular flexibility index (Phi) is 3.29. The molecule has 0 atom stereocenters. The second-order valence-corrected chi connectivity index (χ2v) is 4.91. The Balaban J connectivity index is 2.05. The van der Waals surface area contributed by atoms with Gasteiger partial charge in [0.2, 0.25) is 0 Å². The number of nitrogens with zero attached hydrogens (tertiary/aromatic N) is 2. The van der Waals surface area contributed by atoms with E-state index in [1.807, 2.05) is 53.9 Å². The van der Waals surface area contributed by atoms with Gasteiger partial charge in [-0.25, -0.2) is 4.98 Å². The number of imidazole rings is 1. The Hall–Kier alpha value is -2.86. The monoisotopic (exact) mass is 274 g/mol. The average Bonchev–Trinajstić information content (AvgIpc) is 2.89. The highest BCUT2D eigenvalue weighted by atomic mass is 16.1. The van der Waals surface area contributed by atoms with Crippen molar-refractivity contribution in [1.29, 1.82) is 0 Å². The minimum atomic E-state index is 0.0489. The molecule has 0 aliphatic carbocycles. The van der Waals surface area contributed by atoms with Gasteiger partial charge in [0.25, 0.3) is 0 Å². The zero-order valence-corrected chi connectivity index (χ0v) is 11.9. The van der Waals surface area contributed by atoms with Gasteiger partial charge in [-0.3, -0.25) is 9.20 Å². The molecule has 0 N–H and O–H groups in total. The smallest absolute Gasteiger partial charge is 0.159 e. The largest absolute Gasteiger partial charge is 0.295 e. The van der Waals surface area contributed by atoms with Crippen molar-refractivity contribution in [1.82, 2.24) is 9.38 Å². The number of carbonyl (C=O) groups is 1. The van der Waals surface area contributed by atoms with Gasteiger partial charge in [-0.1, -0.05) is 24.1 Å². The number of fused-ring (bicyclic) bond motifs is 1. The van der Waals surface area contributed by atoms with E-state index in [1.54, 1.807) is 13.1 Å². The zero-order valence-electron chi connectivity index (χ0n) is 11.9.